The number of amides is 1. The van der Waals surface area contributed by atoms with Gasteiger partial charge in [-0.1, -0.05) is 99.8 Å². The molecule has 1 aliphatic carbocycles. The summed E-state index contributed by atoms with van der Waals surface area (Å²) in [6.07, 6.45) is 4.11. The van der Waals surface area contributed by atoms with Crippen LogP contribution in [0.2, 0.25) is 0 Å². The van der Waals surface area contributed by atoms with Gasteiger partial charge in [-0.2, -0.15) is 0 Å². The molecule has 1 N–H and O–H groups in total. The molecular weight excluding hydrogens is 456 g/mol. The number of benzene rings is 3. The monoisotopic (exact) mass is 498 g/mol. The van der Waals surface area contributed by atoms with Gasteiger partial charge in [-0.05, 0) is 60.1 Å². The van der Waals surface area contributed by atoms with E-state index in [-0.39, 0.29) is 18.1 Å². The molecule has 0 bridgehead atoms. The van der Waals surface area contributed by atoms with Crippen molar-refractivity contribution in [1.29, 1.82) is 0 Å². The zero-order chi connectivity index (χ0) is 26.2. The molecule has 0 radical (unpaired) electrons. The van der Waals surface area contributed by atoms with Gasteiger partial charge in [0.2, 0.25) is 0 Å². The molecule has 3 aromatic carbocycles. The molecule has 1 atom stereocenters. The molecule has 0 saturated carbocycles. The average Bonchev–Trinajstić information content (AvgIpc) is 3.21. The fourth-order valence-electron chi connectivity index (χ4n) is 5.45. The standard InChI is InChI=1S/C33H42N2O2/c1-5-6-11-20-35(27-18-16-25(4)17-19-27)22-26(21-24(2)3)34-33(36)37-23-32-30-14-9-7-12-28(30)29-13-8-10-15-31(29)32/h7-10,12-19,24,26,32H,5-6,11,20-23H2,1-4H3,(H,34,36)/t26-/m0/s1. The molecule has 0 unspecified atom stereocenters. The summed E-state index contributed by atoms with van der Waals surface area (Å²) in [5, 5.41) is 3.22. The number of hydrogen-bond acceptors (Lipinski definition) is 3. The van der Waals surface area contributed by atoms with Crippen LogP contribution < -0.4 is 10.2 Å². The third kappa shape index (κ3) is 6.94. The van der Waals surface area contributed by atoms with Crippen LogP contribution in [0.25, 0.3) is 11.1 Å². The largest absolute Gasteiger partial charge is 0.449 e. The van der Waals surface area contributed by atoms with E-state index in [1.165, 1.54) is 46.3 Å². The average molecular weight is 499 g/mol. The maximum atomic E-state index is 13.1. The van der Waals surface area contributed by atoms with Gasteiger partial charge in [0.25, 0.3) is 0 Å². The maximum Gasteiger partial charge on any atom is 0.407 e. The predicted molar refractivity (Wildman–Crippen MR) is 154 cm³/mol. The Labute approximate surface area is 223 Å². The third-order valence-corrected chi connectivity index (χ3v) is 7.29. The van der Waals surface area contributed by atoms with Crippen molar-refractivity contribution in [3.63, 3.8) is 0 Å². The molecule has 1 amide bonds. The number of carbonyl (C=O) groups excluding carboxylic acids is 1. The molecule has 1 aliphatic rings. The highest BCUT2D eigenvalue weighted by atomic mass is 16.5. The molecule has 3 aromatic rings. The topological polar surface area (TPSA) is 41.6 Å². The van der Waals surface area contributed by atoms with Crippen LogP contribution in [0.4, 0.5) is 10.5 Å². The number of aryl methyl sites for hydroxylation is 1. The first-order valence-corrected chi connectivity index (χ1v) is 13.9. The van der Waals surface area contributed by atoms with Gasteiger partial charge in [-0.15, -0.1) is 0 Å². The summed E-state index contributed by atoms with van der Waals surface area (Å²) in [6, 6.07) is 25.6. The Bertz CT molecular complexity index is 1110. The number of nitrogens with one attached hydrogen (secondary N) is 1. The lowest BCUT2D eigenvalue weighted by Crippen LogP contribution is -2.45. The van der Waals surface area contributed by atoms with Crippen molar-refractivity contribution in [3.05, 3.63) is 89.5 Å². The number of hydrogen-bond donors (Lipinski definition) is 1. The van der Waals surface area contributed by atoms with Crippen LogP contribution in [0.5, 0.6) is 0 Å². The van der Waals surface area contributed by atoms with Crippen molar-refractivity contribution in [2.24, 2.45) is 5.92 Å². The molecule has 0 aliphatic heterocycles. The lowest BCUT2D eigenvalue weighted by Gasteiger charge is -2.31. The second kappa shape index (κ2) is 12.8. The molecule has 0 aromatic heterocycles. The zero-order valence-electron chi connectivity index (χ0n) is 22.9. The van der Waals surface area contributed by atoms with Crippen molar-refractivity contribution in [1.82, 2.24) is 5.32 Å². The summed E-state index contributed by atoms with van der Waals surface area (Å²) in [4.78, 5) is 15.5. The molecule has 0 saturated heterocycles. The number of carbonyl (C=O) groups is 1. The summed E-state index contributed by atoms with van der Waals surface area (Å²) >= 11 is 0. The van der Waals surface area contributed by atoms with Crippen molar-refractivity contribution in [2.45, 2.75) is 65.3 Å². The number of unbranched alkanes of at least 4 members (excludes halogenated alkanes) is 2. The Balaban J connectivity index is 1.43. The Morgan fingerprint density at radius 1 is 0.919 bits per heavy atom. The third-order valence-electron chi connectivity index (χ3n) is 7.29. The molecule has 37 heavy (non-hydrogen) atoms. The van der Waals surface area contributed by atoms with Gasteiger partial charge in [0.15, 0.2) is 0 Å². The van der Waals surface area contributed by atoms with E-state index in [2.05, 4.69) is 111 Å². The van der Waals surface area contributed by atoms with E-state index in [0.29, 0.717) is 12.5 Å². The molecule has 4 nitrogen and oxygen atoms in total. The normalized spacial score (nSPS) is 13.2. The Morgan fingerprint density at radius 3 is 2.14 bits per heavy atom. The summed E-state index contributed by atoms with van der Waals surface area (Å²) in [5.74, 6) is 0.536. The number of ether oxygens (including phenoxy) is 1. The van der Waals surface area contributed by atoms with Crippen molar-refractivity contribution >= 4 is 11.8 Å². The van der Waals surface area contributed by atoms with Gasteiger partial charge >= 0.3 is 6.09 Å². The zero-order valence-corrected chi connectivity index (χ0v) is 22.9. The molecule has 4 rings (SSSR count). The Kier molecular flexibility index (Phi) is 9.27. The Morgan fingerprint density at radius 2 is 1.54 bits per heavy atom. The first-order chi connectivity index (χ1) is 18.0. The number of nitrogens with zero attached hydrogens (tertiary/aromatic N) is 1. The number of alkyl carbamates (subject to hydrolysis) is 1. The van der Waals surface area contributed by atoms with E-state index in [1.807, 2.05) is 0 Å². The first-order valence-electron chi connectivity index (χ1n) is 13.9. The van der Waals surface area contributed by atoms with Crippen LogP contribution in [-0.4, -0.2) is 31.8 Å². The van der Waals surface area contributed by atoms with Crippen LogP contribution in [-0.2, 0) is 4.74 Å². The lowest BCUT2D eigenvalue weighted by atomic mass is 9.98. The second-order valence-corrected chi connectivity index (χ2v) is 10.8. The number of anilines is 1. The minimum absolute atomic E-state index is 0.0126. The fourth-order valence-corrected chi connectivity index (χ4v) is 5.45. The number of rotatable bonds is 12. The van der Waals surface area contributed by atoms with Gasteiger partial charge < -0.3 is 15.0 Å². The van der Waals surface area contributed by atoms with Crippen LogP contribution in [0.1, 0.15) is 69.1 Å². The molecule has 4 heteroatoms. The van der Waals surface area contributed by atoms with E-state index in [1.54, 1.807) is 0 Å². The Hall–Kier alpha value is -3.27. The van der Waals surface area contributed by atoms with Gasteiger partial charge in [-0.25, -0.2) is 4.79 Å². The first kappa shape index (κ1) is 26.8. The van der Waals surface area contributed by atoms with E-state index in [4.69, 9.17) is 4.74 Å². The fraction of sp³-hybridized carbons (Fsp3) is 0.424. The predicted octanol–water partition coefficient (Wildman–Crippen LogP) is 7.95. The lowest BCUT2D eigenvalue weighted by molar-refractivity contribution is 0.138. The van der Waals surface area contributed by atoms with Crippen molar-refractivity contribution < 1.29 is 9.53 Å². The quantitative estimate of drug-likeness (QED) is 0.258. The summed E-state index contributed by atoms with van der Waals surface area (Å²) in [7, 11) is 0. The van der Waals surface area contributed by atoms with Gasteiger partial charge in [0, 0.05) is 30.7 Å². The van der Waals surface area contributed by atoms with Crippen molar-refractivity contribution in [2.75, 3.05) is 24.6 Å². The smallest absolute Gasteiger partial charge is 0.407 e. The molecule has 196 valence electrons. The van der Waals surface area contributed by atoms with E-state index < -0.39 is 0 Å². The summed E-state index contributed by atoms with van der Waals surface area (Å²) in [6.45, 7) is 10.9. The molecule has 0 fully saturated rings. The van der Waals surface area contributed by atoms with Gasteiger partial charge in [-0.3, -0.25) is 0 Å². The van der Waals surface area contributed by atoms with E-state index in [9.17, 15) is 4.79 Å². The second-order valence-electron chi connectivity index (χ2n) is 10.8. The van der Waals surface area contributed by atoms with Crippen molar-refractivity contribution in [3.8, 4) is 11.1 Å². The van der Waals surface area contributed by atoms with Gasteiger partial charge in [0.05, 0.1) is 0 Å². The highest BCUT2D eigenvalue weighted by Crippen LogP contribution is 2.44. The SMILES string of the molecule is CCCCCN(C[C@H](CC(C)C)NC(=O)OCC1c2ccccc2-c2ccccc21)c1ccc(C)cc1. The number of fused-ring (bicyclic) bond motifs is 3. The highest BCUT2D eigenvalue weighted by Gasteiger charge is 2.29. The summed E-state index contributed by atoms with van der Waals surface area (Å²) in [5.41, 5.74) is 7.42. The van der Waals surface area contributed by atoms with Crippen LogP contribution in [0.3, 0.4) is 0 Å². The van der Waals surface area contributed by atoms with Gasteiger partial charge in [0.1, 0.15) is 6.61 Å². The van der Waals surface area contributed by atoms with Crippen LogP contribution in [0.15, 0.2) is 72.8 Å². The molecular formula is C33H42N2O2. The minimum atomic E-state index is -0.329. The molecule has 0 heterocycles. The highest BCUT2D eigenvalue weighted by molar-refractivity contribution is 5.79. The van der Waals surface area contributed by atoms with Crippen LogP contribution >= 0.6 is 0 Å². The minimum Gasteiger partial charge on any atom is -0.449 e. The van der Waals surface area contributed by atoms with E-state index >= 15 is 0 Å². The molecule has 0 spiro atoms. The van der Waals surface area contributed by atoms with Crippen LogP contribution in [0, 0.1) is 12.8 Å². The summed E-state index contributed by atoms with van der Waals surface area (Å²) < 4.78 is 5.88. The maximum absolute atomic E-state index is 13.1. The van der Waals surface area contributed by atoms with E-state index in [0.717, 1.165) is 25.9 Å².